The molecule has 712 valence electrons. The third-order valence-corrected chi connectivity index (χ3v) is 25.0. The predicted molar refractivity (Wildman–Crippen MR) is 576 cm³/mol. The molecular weight excluding hydrogens is 1670 g/mol. The average Bonchev–Trinajstić information content (AvgIpc) is 0.777. The van der Waals surface area contributed by atoms with Crippen molar-refractivity contribution in [2.45, 2.75) is 276 Å². The standard InChI is InChI=1S/4C13H15N.2C12H17N.2C11H13N3.2C11H16N2/c2*1-13(2,3)11-8-10-6-4-5-7-12(10)14-9-11;2*1-13(2,3)11-8-9-14-12-7-5-4-6-10(11)12;2*1-10(2)13-8-7-11-5-3-4-6-12(11)9-13;2*1-11(2,3)9-8-5-4-6-12-10(8)14-7-13-9;2*1-9(2)13-7-10-5-3-4-6-11(10)12-8-13/h4*4-9H,1-3H3;2*3-6,10H,7-9H2,1-2H3;2*4-7H,1-3H3;2*3-6,9,12H,7-8H2,1-2H3. The van der Waals surface area contributed by atoms with Crippen LogP contribution >= 0.6 is 0 Å². The molecule has 2 N–H and O–H groups in total. The molecule has 12 heterocycles. The number of hydrogen-bond acceptors (Lipinski definition) is 16. The lowest BCUT2D eigenvalue weighted by molar-refractivity contribution is 0.203. The highest BCUT2D eigenvalue weighted by atomic mass is 15.3. The lowest BCUT2D eigenvalue weighted by Crippen LogP contribution is -2.38. The van der Waals surface area contributed by atoms with Crippen molar-refractivity contribution in [2.75, 3.05) is 37.1 Å². The number of aromatic nitrogens is 10. The van der Waals surface area contributed by atoms with Gasteiger partial charge in [0.1, 0.15) is 12.7 Å². The summed E-state index contributed by atoms with van der Waals surface area (Å²) < 4.78 is 0. The van der Waals surface area contributed by atoms with Crippen LogP contribution < -0.4 is 10.6 Å². The van der Waals surface area contributed by atoms with Gasteiger partial charge in [-0.05, 0) is 230 Å². The summed E-state index contributed by atoms with van der Waals surface area (Å²) >= 11 is 0. The Morgan fingerprint density at radius 2 is 0.566 bits per heavy atom. The Balaban J connectivity index is 0.000000145. The molecule has 0 saturated carbocycles. The highest BCUT2D eigenvalue weighted by Gasteiger charge is 2.26. The van der Waals surface area contributed by atoms with Gasteiger partial charge >= 0.3 is 0 Å². The quantitative estimate of drug-likeness (QED) is 0.171. The summed E-state index contributed by atoms with van der Waals surface area (Å²) in [6.07, 6.45) is 16.8. The Bertz CT molecular complexity index is 5740. The molecule has 0 radical (unpaired) electrons. The fourth-order valence-electron chi connectivity index (χ4n) is 16.7. The Labute approximate surface area is 813 Å². The minimum absolute atomic E-state index is 0.0320. The Hall–Kier alpha value is -12.2. The van der Waals surface area contributed by atoms with Gasteiger partial charge in [0.25, 0.3) is 0 Å². The van der Waals surface area contributed by atoms with Gasteiger partial charge in [0.05, 0.1) is 46.8 Å². The highest BCUT2D eigenvalue weighted by molar-refractivity contribution is 5.85. The summed E-state index contributed by atoms with van der Waals surface area (Å²) in [4.78, 5) is 52.8. The van der Waals surface area contributed by atoms with Crippen LogP contribution in [0.25, 0.3) is 65.7 Å². The molecule has 16 nitrogen and oxygen atoms in total. The third-order valence-electron chi connectivity index (χ3n) is 25.0. The van der Waals surface area contributed by atoms with Crippen LogP contribution in [0.4, 0.5) is 11.4 Å². The Morgan fingerprint density at radius 1 is 0.257 bits per heavy atom. The first-order valence-corrected chi connectivity index (χ1v) is 48.8. The smallest absolute Gasteiger partial charge is 0.162 e. The van der Waals surface area contributed by atoms with E-state index in [-0.39, 0.29) is 32.5 Å². The van der Waals surface area contributed by atoms with E-state index in [0.29, 0.717) is 24.2 Å². The molecule has 16 aromatic rings. The molecule has 136 heavy (non-hydrogen) atoms. The van der Waals surface area contributed by atoms with E-state index in [1.54, 1.807) is 36.2 Å². The third kappa shape index (κ3) is 29.9. The van der Waals surface area contributed by atoms with Gasteiger partial charge in [0.15, 0.2) is 11.3 Å². The minimum Gasteiger partial charge on any atom is -0.372 e. The number of fused-ring (bicyclic) bond motifs is 10. The number of pyridine rings is 6. The van der Waals surface area contributed by atoms with Gasteiger partial charge in [0.2, 0.25) is 0 Å². The molecule has 20 rings (SSSR count). The molecular formula is C120H152N16. The van der Waals surface area contributed by atoms with Crippen molar-refractivity contribution in [3.05, 3.63) is 360 Å². The molecule has 0 spiro atoms. The second-order valence-corrected chi connectivity index (χ2v) is 43.1. The molecule has 8 aromatic carbocycles. The zero-order valence-corrected chi connectivity index (χ0v) is 86.4. The fourth-order valence-corrected chi connectivity index (χ4v) is 16.7. The van der Waals surface area contributed by atoms with E-state index in [1.807, 2.05) is 85.5 Å². The second kappa shape index (κ2) is 47.5. The molecule has 8 aromatic heterocycles. The molecule has 0 aliphatic carbocycles. The number of nitrogens with zero attached hydrogens (tertiary/aromatic N) is 14. The number of nitrogens with one attached hydrogen (secondary N) is 2. The SMILES string of the molecule is CC(C)(C)c1ccnc2ccccc12.CC(C)(C)c1ccnc2ccccc12.CC(C)(C)c1cnc2ccccc2c1.CC(C)(C)c1cnc2ccccc2c1.CC(C)(C)c1ncnc2ncccc12.CC(C)(C)c1ncnc2ncccc12.CC(C)N1CCc2ccccc2C1.CC(C)N1CCc2ccccc2C1.CC(C)N1CNc2ccccc2C1.CC(C)N1CNc2ccccc2C1. The van der Waals surface area contributed by atoms with Gasteiger partial charge < -0.3 is 10.6 Å². The first kappa shape index (κ1) is 104. The van der Waals surface area contributed by atoms with Crippen LogP contribution in [0.15, 0.2) is 292 Å². The molecule has 16 heteroatoms. The summed E-state index contributed by atoms with van der Waals surface area (Å²) in [7, 11) is 0. The van der Waals surface area contributed by atoms with Gasteiger partial charge in [-0.25, -0.2) is 29.9 Å². The van der Waals surface area contributed by atoms with Gasteiger partial charge in [-0.1, -0.05) is 282 Å². The zero-order valence-electron chi connectivity index (χ0n) is 86.4. The lowest BCUT2D eigenvalue weighted by Gasteiger charge is -2.32. The molecule has 0 saturated heterocycles. The van der Waals surface area contributed by atoms with Crippen molar-refractivity contribution in [1.29, 1.82) is 0 Å². The second-order valence-electron chi connectivity index (χ2n) is 43.1. The van der Waals surface area contributed by atoms with Crippen LogP contribution in [0.1, 0.15) is 247 Å². The fraction of sp³-hybridized carbons (Fsp3) is 0.383. The molecule has 0 unspecified atom stereocenters. The monoisotopic (exact) mass is 1820 g/mol. The van der Waals surface area contributed by atoms with Crippen molar-refractivity contribution in [3.63, 3.8) is 0 Å². The predicted octanol–water partition coefficient (Wildman–Crippen LogP) is 28.2. The maximum atomic E-state index is 4.45. The molecule has 4 aliphatic heterocycles. The van der Waals surface area contributed by atoms with Gasteiger partial charge in [-0.3, -0.25) is 39.5 Å². The van der Waals surface area contributed by atoms with E-state index in [1.165, 1.54) is 103 Å². The van der Waals surface area contributed by atoms with Crippen molar-refractivity contribution in [3.8, 4) is 0 Å². The summed E-state index contributed by atoms with van der Waals surface area (Å²) in [5.74, 6) is 0. The zero-order chi connectivity index (χ0) is 98.1. The summed E-state index contributed by atoms with van der Waals surface area (Å²) in [6.45, 7) is 66.3. The molecule has 0 fully saturated rings. The number of para-hydroxylation sites is 6. The summed E-state index contributed by atoms with van der Waals surface area (Å²) in [6, 6.07) is 86.8. The number of hydrogen-bond donors (Lipinski definition) is 2. The van der Waals surface area contributed by atoms with E-state index in [2.05, 4.69) is 442 Å². The minimum atomic E-state index is 0.0320. The van der Waals surface area contributed by atoms with Crippen LogP contribution in [0, 0.1) is 0 Å². The van der Waals surface area contributed by atoms with Gasteiger partial charge in [-0.15, -0.1) is 0 Å². The van der Waals surface area contributed by atoms with Crippen molar-refractivity contribution < 1.29 is 0 Å². The Kier molecular flexibility index (Phi) is 36.5. The van der Waals surface area contributed by atoms with Gasteiger partial charge in [0, 0.05) is 155 Å². The first-order chi connectivity index (χ1) is 64.6. The van der Waals surface area contributed by atoms with Crippen LogP contribution in [-0.4, -0.2) is 120 Å². The molecule has 0 atom stereocenters. The van der Waals surface area contributed by atoms with Crippen molar-refractivity contribution >= 4 is 77.1 Å². The normalized spacial score (nSPS) is 13.9. The molecule has 4 aliphatic rings. The lowest BCUT2D eigenvalue weighted by atomic mass is 9.85. The van der Waals surface area contributed by atoms with Crippen LogP contribution in [0.3, 0.4) is 0 Å². The topological polar surface area (TPSA) is 166 Å². The highest BCUT2D eigenvalue weighted by Crippen LogP contribution is 2.34. The van der Waals surface area contributed by atoms with E-state index in [0.717, 1.165) is 95.0 Å². The largest absolute Gasteiger partial charge is 0.372 e. The Morgan fingerprint density at radius 3 is 0.912 bits per heavy atom. The number of benzene rings is 8. The summed E-state index contributed by atoms with van der Waals surface area (Å²) in [5, 5.41) is 13.9. The van der Waals surface area contributed by atoms with Crippen molar-refractivity contribution in [2.24, 2.45) is 0 Å². The van der Waals surface area contributed by atoms with E-state index in [4.69, 9.17) is 0 Å². The van der Waals surface area contributed by atoms with E-state index < -0.39 is 0 Å². The number of anilines is 2. The van der Waals surface area contributed by atoms with Crippen molar-refractivity contribution in [1.82, 2.24) is 69.4 Å². The van der Waals surface area contributed by atoms with E-state index >= 15 is 0 Å². The van der Waals surface area contributed by atoms with Gasteiger partial charge in [-0.2, -0.15) is 0 Å². The van der Waals surface area contributed by atoms with E-state index in [9.17, 15) is 0 Å². The maximum Gasteiger partial charge on any atom is 0.162 e. The number of rotatable bonds is 4. The van der Waals surface area contributed by atoms with Crippen LogP contribution in [0.5, 0.6) is 0 Å². The first-order valence-electron chi connectivity index (χ1n) is 48.8. The maximum absolute atomic E-state index is 4.45. The average molecular weight is 1820 g/mol. The summed E-state index contributed by atoms with van der Waals surface area (Å²) in [5.41, 5.74) is 25.5. The molecule has 0 amide bonds. The van der Waals surface area contributed by atoms with Crippen LogP contribution in [-0.2, 0) is 71.5 Å². The molecule has 0 bridgehead atoms. The van der Waals surface area contributed by atoms with Crippen LogP contribution in [0.2, 0.25) is 0 Å².